The van der Waals surface area contributed by atoms with Gasteiger partial charge in [-0.25, -0.2) is 0 Å². The van der Waals surface area contributed by atoms with Crippen LogP contribution in [0.15, 0.2) is 36.4 Å². The van der Waals surface area contributed by atoms with E-state index in [2.05, 4.69) is 5.32 Å². The summed E-state index contributed by atoms with van der Waals surface area (Å²) in [7, 11) is 0. The lowest BCUT2D eigenvalue weighted by Gasteiger charge is -2.16. The Morgan fingerprint density at radius 1 is 1.05 bits per heavy atom. The van der Waals surface area contributed by atoms with E-state index in [-0.39, 0.29) is 6.04 Å². The van der Waals surface area contributed by atoms with Crippen LogP contribution >= 0.6 is 0 Å². The smallest absolute Gasteiger partial charge is 0.231 e. The Morgan fingerprint density at radius 2 is 1.95 bits per heavy atom. The number of aryl methyl sites for hydroxylation is 1. The molecule has 0 saturated carbocycles. The van der Waals surface area contributed by atoms with E-state index in [9.17, 15) is 5.11 Å². The van der Waals surface area contributed by atoms with Gasteiger partial charge in [0.05, 0.1) is 6.04 Å². The Kier molecular flexibility index (Phi) is 2.49. The van der Waals surface area contributed by atoms with Crippen molar-refractivity contribution in [2.75, 3.05) is 12.1 Å². The van der Waals surface area contributed by atoms with Gasteiger partial charge in [-0.2, -0.15) is 0 Å². The Balaban J connectivity index is 1.59. The SMILES string of the molecule is Oc1ccc2c(c1)CCC2Nc1ccc2c(c1)OCO2. The predicted octanol–water partition coefficient (Wildman–Crippen LogP) is 3.22. The van der Waals surface area contributed by atoms with Crippen molar-refractivity contribution in [3.05, 3.63) is 47.5 Å². The van der Waals surface area contributed by atoms with Crippen molar-refractivity contribution in [3.63, 3.8) is 0 Å². The van der Waals surface area contributed by atoms with E-state index in [1.54, 1.807) is 6.07 Å². The van der Waals surface area contributed by atoms with Crippen LogP contribution in [0.1, 0.15) is 23.6 Å². The van der Waals surface area contributed by atoms with E-state index in [1.807, 2.05) is 30.3 Å². The zero-order valence-electron chi connectivity index (χ0n) is 10.9. The molecule has 2 aromatic carbocycles. The zero-order chi connectivity index (χ0) is 13.5. The molecule has 4 rings (SSSR count). The Labute approximate surface area is 117 Å². The van der Waals surface area contributed by atoms with Gasteiger partial charge in [-0.15, -0.1) is 0 Å². The van der Waals surface area contributed by atoms with Gasteiger partial charge in [-0.05, 0) is 48.2 Å². The Hall–Kier alpha value is -2.36. The van der Waals surface area contributed by atoms with Crippen LogP contribution in [0.4, 0.5) is 5.69 Å². The molecule has 102 valence electrons. The number of rotatable bonds is 2. The van der Waals surface area contributed by atoms with E-state index in [1.165, 1.54) is 11.1 Å². The summed E-state index contributed by atoms with van der Waals surface area (Å²) in [5.74, 6) is 1.93. The standard InChI is InChI=1S/C16H15NO3/c18-12-3-4-13-10(7-12)1-5-14(13)17-11-2-6-15-16(8-11)20-9-19-15/h2-4,6-8,14,17-18H,1,5,9H2. The van der Waals surface area contributed by atoms with Crippen LogP contribution in [0.5, 0.6) is 17.2 Å². The average molecular weight is 269 g/mol. The normalized spacial score (nSPS) is 18.9. The number of hydrogen-bond donors (Lipinski definition) is 2. The topological polar surface area (TPSA) is 50.7 Å². The molecule has 1 unspecified atom stereocenters. The largest absolute Gasteiger partial charge is 0.508 e. The summed E-state index contributed by atoms with van der Waals surface area (Å²) in [6.07, 6.45) is 2.03. The van der Waals surface area contributed by atoms with Crippen molar-refractivity contribution in [2.24, 2.45) is 0 Å². The van der Waals surface area contributed by atoms with Crippen molar-refractivity contribution in [1.82, 2.24) is 0 Å². The number of benzene rings is 2. The number of nitrogens with one attached hydrogen (secondary N) is 1. The van der Waals surface area contributed by atoms with Crippen LogP contribution in [0.3, 0.4) is 0 Å². The van der Waals surface area contributed by atoms with Gasteiger partial charge < -0.3 is 19.9 Å². The van der Waals surface area contributed by atoms with Gasteiger partial charge in [0, 0.05) is 11.8 Å². The molecule has 0 saturated heterocycles. The lowest BCUT2D eigenvalue weighted by atomic mass is 10.1. The van der Waals surface area contributed by atoms with Crippen molar-refractivity contribution >= 4 is 5.69 Å². The quantitative estimate of drug-likeness (QED) is 0.879. The molecule has 1 aliphatic carbocycles. The van der Waals surface area contributed by atoms with E-state index in [0.717, 1.165) is 30.0 Å². The molecule has 20 heavy (non-hydrogen) atoms. The molecule has 0 aromatic heterocycles. The summed E-state index contributed by atoms with van der Waals surface area (Å²) in [6.45, 7) is 0.296. The fourth-order valence-electron chi connectivity index (χ4n) is 2.94. The summed E-state index contributed by atoms with van der Waals surface area (Å²) < 4.78 is 10.7. The highest BCUT2D eigenvalue weighted by molar-refractivity contribution is 5.57. The molecule has 1 atom stereocenters. The first kappa shape index (κ1) is 11.5. The second kappa shape index (κ2) is 4.34. The fraction of sp³-hybridized carbons (Fsp3) is 0.250. The van der Waals surface area contributed by atoms with Gasteiger partial charge in [0.2, 0.25) is 6.79 Å². The molecular weight excluding hydrogens is 254 g/mol. The highest BCUT2D eigenvalue weighted by atomic mass is 16.7. The summed E-state index contributed by atoms with van der Waals surface area (Å²) >= 11 is 0. The molecule has 2 aliphatic rings. The number of aromatic hydroxyl groups is 1. The maximum atomic E-state index is 9.53. The Morgan fingerprint density at radius 3 is 2.90 bits per heavy atom. The van der Waals surface area contributed by atoms with Crippen molar-refractivity contribution in [1.29, 1.82) is 0 Å². The lowest BCUT2D eigenvalue weighted by molar-refractivity contribution is 0.174. The number of fused-ring (bicyclic) bond motifs is 2. The van der Waals surface area contributed by atoms with Gasteiger partial charge in [0.25, 0.3) is 0 Å². The monoisotopic (exact) mass is 269 g/mol. The van der Waals surface area contributed by atoms with Gasteiger partial charge in [0.15, 0.2) is 11.5 Å². The molecule has 4 nitrogen and oxygen atoms in total. The van der Waals surface area contributed by atoms with Crippen LogP contribution in [-0.2, 0) is 6.42 Å². The van der Waals surface area contributed by atoms with E-state index in [0.29, 0.717) is 12.5 Å². The maximum Gasteiger partial charge on any atom is 0.231 e. The number of anilines is 1. The van der Waals surface area contributed by atoms with Gasteiger partial charge in [0.1, 0.15) is 5.75 Å². The summed E-state index contributed by atoms with van der Waals surface area (Å²) in [5, 5.41) is 13.1. The third kappa shape index (κ3) is 1.84. The zero-order valence-corrected chi connectivity index (χ0v) is 10.9. The third-order valence-electron chi connectivity index (χ3n) is 3.92. The minimum Gasteiger partial charge on any atom is -0.508 e. The third-order valence-corrected chi connectivity index (χ3v) is 3.92. The highest BCUT2D eigenvalue weighted by Crippen LogP contribution is 2.38. The molecule has 1 heterocycles. The number of phenolic OH excluding ortho intramolecular Hbond substituents is 1. The summed E-state index contributed by atoms with van der Waals surface area (Å²) in [5.41, 5.74) is 3.52. The molecule has 0 bridgehead atoms. The first-order valence-corrected chi connectivity index (χ1v) is 6.77. The molecule has 0 amide bonds. The summed E-state index contributed by atoms with van der Waals surface area (Å²) in [6, 6.07) is 11.8. The molecule has 0 fully saturated rings. The summed E-state index contributed by atoms with van der Waals surface area (Å²) in [4.78, 5) is 0. The molecular formula is C16H15NO3. The van der Waals surface area contributed by atoms with Crippen LogP contribution in [0.25, 0.3) is 0 Å². The van der Waals surface area contributed by atoms with Crippen LogP contribution in [0, 0.1) is 0 Å². The van der Waals surface area contributed by atoms with Gasteiger partial charge >= 0.3 is 0 Å². The second-order valence-electron chi connectivity index (χ2n) is 5.19. The fourth-order valence-corrected chi connectivity index (χ4v) is 2.94. The first-order chi connectivity index (χ1) is 9.79. The van der Waals surface area contributed by atoms with Crippen molar-refractivity contribution in [2.45, 2.75) is 18.9 Å². The molecule has 0 radical (unpaired) electrons. The van der Waals surface area contributed by atoms with Crippen LogP contribution < -0.4 is 14.8 Å². The second-order valence-corrected chi connectivity index (χ2v) is 5.19. The highest BCUT2D eigenvalue weighted by Gasteiger charge is 2.23. The van der Waals surface area contributed by atoms with Crippen molar-refractivity contribution in [3.8, 4) is 17.2 Å². The van der Waals surface area contributed by atoms with E-state index >= 15 is 0 Å². The minimum atomic E-state index is 0.283. The van der Waals surface area contributed by atoms with E-state index < -0.39 is 0 Å². The maximum absolute atomic E-state index is 9.53. The lowest BCUT2D eigenvalue weighted by Crippen LogP contribution is -2.06. The molecule has 0 spiro atoms. The average Bonchev–Trinajstić information content (AvgIpc) is 3.05. The predicted molar refractivity (Wildman–Crippen MR) is 75.4 cm³/mol. The van der Waals surface area contributed by atoms with E-state index in [4.69, 9.17) is 9.47 Å². The van der Waals surface area contributed by atoms with Gasteiger partial charge in [-0.1, -0.05) is 6.07 Å². The molecule has 2 N–H and O–H groups in total. The molecule has 2 aromatic rings. The first-order valence-electron chi connectivity index (χ1n) is 6.77. The molecule has 4 heteroatoms. The minimum absolute atomic E-state index is 0.283. The number of ether oxygens (including phenoxy) is 2. The van der Waals surface area contributed by atoms with Crippen LogP contribution in [-0.4, -0.2) is 11.9 Å². The Bertz CT molecular complexity index is 669. The number of phenols is 1. The molecule has 1 aliphatic heterocycles. The number of hydrogen-bond acceptors (Lipinski definition) is 4. The van der Waals surface area contributed by atoms with Crippen LogP contribution in [0.2, 0.25) is 0 Å². The van der Waals surface area contributed by atoms with Gasteiger partial charge in [-0.3, -0.25) is 0 Å². The van der Waals surface area contributed by atoms with Crippen molar-refractivity contribution < 1.29 is 14.6 Å².